The molecule has 4 rings (SSSR count). The van der Waals surface area contributed by atoms with Crippen molar-refractivity contribution in [3.05, 3.63) is 45.7 Å². The third-order valence-corrected chi connectivity index (χ3v) is 6.73. The monoisotopic (exact) mass is 480 g/mol. The van der Waals surface area contributed by atoms with Gasteiger partial charge in [0.15, 0.2) is 11.5 Å². The van der Waals surface area contributed by atoms with Crippen molar-refractivity contribution in [2.75, 3.05) is 14.2 Å². The number of hydrogen-bond donors (Lipinski definition) is 1. The number of carboxylic acids is 1. The molecular formula is C20H21ClN4O6S. The molecule has 170 valence electrons. The minimum absolute atomic E-state index is 0.00672. The number of aromatic carboxylic acids is 1. The van der Waals surface area contributed by atoms with Crippen LogP contribution in [0.15, 0.2) is 28.8 Å². The normalized spacial score (nSPS) is 20.8. The number of carbonyl (C=O) groups excluding carboxylic acids is 1. The zero-order valence-electron chi connectivity index (χ0n) is 17.6. The number of aromatic nitrogens is 3. The Hall–Kier alpha value is -2.73. The molecule has 0 aliphatic carbocycles. The van der Waals surface area contributed by atoms with Crippen LogP contribution in [0, 0.1) is 0 Å². The van der Waals surface area contributed by atoms with Gasteiger partial charge in [0.25, 0.3) is 5.91 Å². The zero-order chi connectivity index (χ0) is 23.0. The van der Waals surface area contributed by atoms with Gasteiger partial charge in [0.1, 0.15) is 23.3 Å². The van der Waals surface area contributed by atoms with Crippen molar-refractivity contribution in [2.24, 2.45) is 0 Å². The highest BCUT2D eigenvalue weighted by atomic mass is 35.5. The number of carbonyl (C=O) groups is 2. The van der Waals surface area contributed by atoms with Crippen LogP contribution >= 0.6 is 22.9 Å². The molecule has 4 heterocycles. The van der Waals surface area contributed by atoms with Crippen molar-refractivity contribution in [1.29, 1.82) is 0 Å². The summed E-state index contributed by atoms with van der Waals surface area (Å²) in [7, 11) is 3.03. The lowest BCUT2D eigenvalue weighted by atomic mass is 10.2. The van der Waals surface area contributed by atoms with Crippen LogP contribution in [-0.4, -0.2) is 63.0 Å². The summed E-state index contributed by atoms with van der Waals surface area (Å²) in [6, 6.07) is 6.48. The fraction of sp³-hybridized carbons (Fsp3) is 0.400. The van der Waals surface area contributed by atoms with Crippen LogP contribution in [-0.2, 0) is 16.0 Å². The van der Waals surface area contributed by atoms with Gasteiger partial charge >= 0.3 is 5.97 Å². The molecule has 10 nitrogen and oxygen atoms in total. The first-order valence-corrected chi connectivity index (χ1v) is 10.9. The maximum Gasteiger partial charge on any atom is 0.354 e. The van der Waals surface area contributed by atoms with E-state index in [2.05, 4.69) is 10.3 Å². The Morgan fingerprint density at radius 2 is 2.16 bits per heavy atom. The number of nitrogens with zero attached hydrogens (tertiary/aromatic N) is 4. The van der Waals surface area contributed by atoms with E-state index in [-0.39, 0.29) is 17.9 Å². The topological polar surface area (TPSA) is 120 Å². The van der Waals surface area contributed by atoms with Gasteiger partial charge < -0.3 is 19.1 Å². The molecule has 1 amide bonds. The van der Waals surface area contributed by atoms with Gasteiger partial charge in [-0.1, -0.05) is 16.8 Å². The van der Waals surface area contributed by atoms with Crippen molar-refractivity contribution in [2.45, 2.75) is 38.3 Å². The van der Waals surface area contributed by atoms with Gasteiger partial charge in [-0.05, 0) is 31.9 Å². The first-order chi connectivity index (χ1) is 15.3. The highest BCUT2D eigenvalue weighted by molar-refractivity contribution is 7.19. The Balaban J connectivity index is 1.62. The largest absolute Gasteiger partial charge is 0.477 e. The number of rotatable bonds is 7. The summed E-state index contributed by atoms with van der Waals surface area (Å²) in [5.74, 6) is -1.19. The molecule has 3 aromatic rings. The second-order valence-corrected chi connectivity index (χ2v) is 9.16. The van der Waals surface area contributed by atoms with Crippen molar-refractivity contribution in [1.82, 2.24) is 19.8 Å². The smallest absolute Gasteiger partial charge is 0.354 e. The molecule has 1 saturated heterocycles. The van der Waals surface area contributed by atoms with Gasteiger partial charge in [-0.3, -0.25) is 14.4 Å². The molecule has 0 spiro atoms. The fourth-order valence-corrected chi connectivity index (χ4v) is 4.75. The van der Waals surface area contributed by atoms with Gasteiger partial charge in [-0.15, -0.1) is 11.3 Å². The summed E-state index contributed by atoms with van der Waals surface area (Å²) in [5, 5.41) is 17.9. The lowest BCUT2D eigenvalue weighted by molar-refractivity contribution is -0.126. The number of hydrogen-bond acceptors (Lipinski definition) is 8. The number of ether oxygens (including phenoxy) is 2. The number of carboxylic acid groups (broad SMARTS) is 1. The number of likely N-dealkylation sites (tertiary alicyclic amines) is 1. The molecule has 0 aromatic carbocycles. The van der Waals surface area contributed by atoms with Gasteiger partial charge in [0.05, 0.1) is 15.8 Å². The Labute approximate surface area is 192 Å². The maximum absolute atomic E-state index is 13.3. The quantitative estimate of drug-likeness (QED) is 0.545. The molecule has 0 bridgehead atoms. The van der Waals surface area contributed by atoms with E-state index < -0.39 is 23.8 Å². The molecule has 2 unspecified atom stereocenters. The number of amides is 1. The first kappa shape index (κ1) is 22.5. The van der Waals surface area contributed by atoms with E-state index >= 15 is 0 Å². The number of methoxy groups -OCH3 is 2. The molecule has 12 heteroatoms. The Morgan fingerprint density at radius 3 is 2.78 bits per heavy atom. The average Bonchev–Trinajstić information content (AvgIpc) is 3.54. The summed E-state index contributed by atoms with van der Waals surface area (Å²) >= 11 is 7.30. The van der Waals surface area contributed by atoms with Crippen molar-refractivity contribution >= 4 is 34.8 Å². The van der Waals surface area contributed by atoms with Gasteiger partial charge in [0, 0.05) is 26.4 Å². The third-order valence-electron chi connectivity index (χ3n) is 5.49. The van der Waals surface area contributed by atoms with Crippen molar-refractivity contribution < 1.29 is 28.7 Å². The van der Waals surface area contributed by atoms with Crippen LogP contribution in [0.25, 0.3) is 10.6 Å². The SMILES string of the molecule is COC1CCC(C)(OC)N1C(=O)c1cc(C(=O)O)n(Cc2cc(-c3ccc(Cl)s3)on2)n1. The van der Waals surface area contributed by atoms with Crippen LogP contribution in [0.2, 0.25) is 4.34 Å². The van der Waals surface area contributed by atoms with Crippen LogP contribution in [0.1, 0.15) is 46.4 Å². The Morgan fingerprint density at radius 1 is 1.38 bits per heavy atom. The van der Waals surface area contributed by atoms with Crippen LogP contribution in [0.5, 0.6) is 0 Å². The summed E-state index contributed by atoms with van der Waals surface area (Å²) in [5.41, 5.74) is -0.604. The standard InChI is InChI=1S/C20H21ClN4O6S/c1-20(30-3)7-6-17(29-2)25(20)18(26)12-9-13(19(27)28)24(22-12)10-11-8-14(31-23-11)15-4-5-16(21)32-15/h4-5,8-9,17H,6-7,10H2,1-3H3,(H,27,28). The summed E-state index contributed by atoms with van der Waals surface area (Å²) in [6.45, 7) is 1.79. The maximum atomic E-state index is 13.3. The molecule has 0 saturated carbocycles. The van der Waals surface area contributed by atoms with E-state index in [1.807, 2.05) is 0 Å². The summed E-state index contributed by atoms with van der Waals surface area (Å²) in [6.07, 6.45) is 0.670. The van der Waals surface area contributed by atoms with Crippen LogP contribution in [0.3, 0.4) is 0 Å². The minimum Gasteiger partial charge on any atom is -0.477 e. The predicted octanol–water partition coefficient (Wildman–Crippen LogP) is 3.57. The van der Waals surface area contributed by atoms with Crippen LogP contribution in [0.4, 0.5) is 0 Å². The lowest BCUT2D eigenvalue weighted by Crippen LogP contribution is -2.50. The molecule has 3 aromatic heterocycles. The lowest BCUT2D eigenvalue weighted by Gasteiger charge is -2.36. The Bertz CT molecular complexity index is 1160. The second kappa shape index (κ2) is 8.66. The van der Waals surface area contributed by atoms with Gasteiger partial charge in [-0.2, -0.15) is 5.10 Å². The zero-order valence-corrected chi connectivity index (χ0v) is 19.1. The highest BCUT2D eigenvalue weighted by Crippen LogP contribution is 2.36. The molecule has 32 heavy (non-hydrogen) atoms. The first-order valence-electron chi connectivity index (χ1n) is 9.70. The summed E-state index contributed by atoms with van der Waals surface area (Å²) in [4.78, 5) is 27.3. The van der Waals surface area contributed by atoms with Crippen LogP contribution < -0.4 is 0 Å². The molecular weight excluding hydrogens is 460 g/mol. The Kier molecular flexibility index (Phi) is 6.08. The minimum atomic E-state index is -1.22. The van der Waals surface area contributed by atoms with E-state index in [4.69, 9.17) is 25.6 Å². The molecule has 2 atom stereocenters. The summed E-state index contributed by atoms with van der Waals surface area (Å²) < 4.78 is 18.2. The van der Waals surface area contributed by atoms with Crippen molar-refractivity contribution in [3.63, 3.8) is 0 Å². The molecule has 1 aliphatic rings. The predicted molar refractivity (Wildman–Crippen MR) is 115 cm³/mol. The van der Waals surface area contributed by atoms with Crippen molar-refractivity contribution in [3.8, 4) is 10.6 Å². The van der Waals surface area contributed by atoms with E-state index in [9.17, 15) is 14.7 Å². The molecule has 1 fully saturated rings. The van der Waals surface area contributed by atoms with Gasteiger partial charge in [-0.25, -0.2) is 4.79 Å². The second-order valence-electron chi connectivity index (χ2n) is 7.45. The third kappa shape index (κ3) is 4.04. The van der Waals surface area contributed by atoms with E-state index in [0.29, 0.717) is 28.6 Å². The number of thiophene rings is 1. The molecule has 1 aliphatic heterocycles. The van der Waals surface area contributed by atoms with Gasteiger partial charge in [0.2, 0.25) is 0 Å². The average molecular weight is 481 g/mol. The fourth-order valence-electron chi connectivity index (χ4n) is 3.75. The molecule has 1 N–H and O–H groups in total. The number of halogens is 1. The van der Waals surface area contributed by atoms with E-state index in [1.54, 1.807) is 25.1 Å². The molecule has 0 radical (unpaired) electrons. The van der Waals surface area contributed by atoms with E-state index in [0.717, 1.165) is 4.88 Å². The van der Waals surface area contributed by atoms with E-state index in [1.165, 1.54) is 41.2 Å². The highest BCUT2D eigenvalue weighted by Gasteiger charge is 2.47.